The Morgan fingerprint density at radius 2 is 1.87 bits per heavy atom. The lowest BCUT2D eigenvalue weighted by molar-refractivity contribution is 0.0725. The number of fused-ring (bicyclic) bond motifs is 4. The summed E-state index contributed by atoms with van der Waals surface area (Å²) in [6.07, 6.45) is 3.24. The fourth-order valence-electron chi connectivity index (χ4n) is 4.96. The molecule has 0 radical (unpaired) electrons. The Hall–Kier alpha value is -3.48. The SMILES string of the molecule is O=C(c1nn(-c2ccc(F)c(F)c2)c2c1CCC2)N1CCc2c([nH]c3ccccc23)C1. The molecule has 0 fully saturated rings. The monoisotopic (exact) mass is 418 g/mol. The Morgan fingerprint density at radius 3 is 2.74 bits per heavy atom. The van der Waals surface area contributed by atoms with Crippen molar-refractivity contribution in [2.75, 3.05) is 6.54 Å². The first-order valence-corrected chi connectivity index (χ1v) is 10.5. The van der Waals surface area contributed by atoms with Gasteiger partial charge in [0.2, 0.25) is 0 Å². The van der Waals surface area contributed by atoms with Gasteiger partial charge in [0.05, 0.1) is 12.2 Å². The first-order valence-electron chi connectivity index (χ1n) is 10.5. The summed E-state index contributed by atoms with van der Waals surface area (Å²) in [6, 6.07) is 11.9. The van der Waals surface area contributed by atoms with E-state index in [0.717, 1.165) is 60.3 Å². The topological polar surface area (TPSA) is 53.9 Å². The van der Waals surface area contributed by atoms with E-state index in [1.807, 2.05) is 17.0 Å². The normalized spacial score (nSPS) is 15.4. The van der Waals surface area contributed by atoms with E-state index in [4.69, 9.17) is 0 Å². The van der Waals surface area contributed by atoms with Crippen molar-refractivity contribution in [3.63, 3.8) is 0 Å². The zero-order valence-corrected chi connectivity index (χ0v) is 16.8. The van der Waals surface area contributed by atoms with Crippen molar-refractivity contribution in [2.45, 2.75) is 32.2 Å². The van der Waals surface area contributed by atoms with E-state index < -0.39 is 11.6 Å². The van der Waals surface area contributed by atoms with Crippen LogP contribution in [0.2, 0.25) is 0 Å². The van der Waals surface area contributed by atoms with Crippen LogP contribution in [-0.4, -0.2) is 32.1 Å². The molecule has 0 unspecified atom stereocenters. The molecule has 1 N–H and O–H groups in total. The van der Waals surface area contributed by atoms with Crippen LogP contribution in [-0.2, 0) is 25.8 Å². The number of hydrogen-bond donors (Lipinski definition) is 1. The molecule has 1 aliphatic heterocycles. The maximum absolute atomic E-state index is 13.8. The number of nitrogens with zero attached hydrogens (tertiary/aromatic N) is 3. The Morgan fingerprint density at radius 1 is 1.00 bits per heavy atom. The van der Waals surface area contributed by atoms with Crippen LogP contribution >= 0.6 is 0 Å². The van der Waals surface area contributed by atoms with Gasteiger partial charge in [-0.25, -0.2) is 13.5 Å². The molecule has 4 aromatic rings. The molecule has 6 rings (SSSR count). The molecule has 31 heavy (non-hydrogen) atoms. The van der Waals surface area contributed by atoms with Crippen LogP contribution in [0.25, 0.3) is 16.6 Å². The Balaban J connectivity index is 1.36. The highest BCUT2D eigenvalue weighted by molar-refractivity contribution is 5.95. The van der Waals surface area contributed by atoms with Gasteiger partial charge in [0.15, 0.2) is 17.3 Å². The van der Waals surface area contributed by atoms with Gasteiger partial charge in [-0.3, -0.25) is 4.79 Å². The molecule has 0 atom stereocenters. The van der Waals surface area contributed by atoms with Crippen LogP contribution in [0, 0.1) is 11.6 Å². The fourth-order valence-corrected chi connectivity index (χ4v) is 4.96. The second-order valence-corrected chi connectivity index (χ2v) is 8.24. The molecule has 0 saturated carbocycles. The molecule has 0 bridgehead atoms. The highest BCUT2D eigenvalue weighted by Crippen LogP contribution is 2.31. The van der Waals surface area contributed by atoms with Gasteiger partial charge in [-0.15, -0.1) is 0 Å². The summed E-state index contributed by atoms with van der Waals surface area (Å²) < 4.78 is 28.8. The Labute approximate surface area is 177 Å². The molecule has 1 amide bonds. The number of halogens is 2. The summed E-state index contributed by atoms with van der Waals surface area (Å²) in [5.74, 6) is -1.93. The molecule has 0 spiro atoms. The van der Waals surface area contributed by atoms with Gasteiger partial charge in [-0.2, -0.15) is 5.10 Å². The smallest absolute Gasteiger partial charge is 0.275 e. The van der Waals surface area contributed by atoms with Gasteiger partial charge in [-0.1, -0.05) is 18.2 Å². The maximum Gasteiger partial charge on any atom is 0.275 e. The third-order valence-corrected chi connectivity index (χ3v) is 6.45. The molecular formula is C24H20F2N4O. The summed E-state index contributed by atoms with van der Waals surface area (Å²) in [6.45, 7) is 1.14. The number of benzene rings is 2. The molecule has 156 valence electrons. The number of H-pyrrole nitrogens is 1. The lowest BCUT2D eigenvalue weighted by atomic mass is 10.0. The van der Waals surface area contributed by atoms with Crippen LogP contribution in [0.4, 0.5) is 8.78 Å². The van der Waals surface area contributed by atoms with Crippen LogP contribution < -0.4 is 0 Å². The molecule has 7 heteroatoms. The van der Waals surface area contributed by atoms with E-state index in [2.05, 4.69) is 22.2 Å². The van der Waals surface area contributed by atoms with E-state index >= 15 is 0 Å². The average Bonchev–Trinajstić information content (AvgIpc) is 3.48. The van der Waals surface area contributed by atoms with Crippen LogP contribution in [0.1, 0.15) is 39.4 Å². The average molecular weight is 418 g/mol. The van der Waals surface area contributed by atoms with Crippen molar-refractivity contribution in [1.82, 2.24) is 19.7 Å². The maximum atomic E-state index is 13.8. The van der Waals surface area contributed by atoms with Gasteiger partial charge in [-0.05, 0) is 49.4 Å². The van der Waals surface area contributed by atoms with Crippen molar-refractivity contribution in [2.24, 2.45) is 0 Å². The molecule has 1 aliphatic carbocycles. The lowest BCUT2D eigenvalue weighted by Crippen LogP contribution is -2.36. The number of amides is 1. The second-order valence-electron chi connectivity index (χ2n) is 8.24. The number of carbonyl (C=O) groups excluding carboxylic acids is 1. The predicted octanol–water partition coefficient (Wildman–Crippen LogP) is 4.32. The first-order chi connectivity index (χ1) is 15.1. The van der Waals surface area contributed by atoms with Crippen LogP contribution in [0.5, 0.6) is 0 Å². The number of para-hydroxylation sites is 1. The third-order valence-electron chi connectivity index (χ3n) is 6.45. The Bertz CT molecular complexity index is 1350. The van der Waals surface area contributed by atoms with Crippen molar-refractivity contribution < 1.29 is 13.6 Å². The highest BCUT2D eigenvalue weighted by atomic mass is 19.2. The molecule has 3 heterocycles. The summed E-state index contributed by atoms with van der Waals surface area (Å²) in [5, 5.41) is 5.79. The number of nitrogens with one attached hydrogen (secondary N) is 1. The van der Waals surface area contributed by atoms with Crippen LogP contribution in [0.15, 0.2) is 42.5 Å². The van der Waals surface area contributed by atoms with E-state index in [0.29, 0.717) is 24.5 Å². The summed E-state index contributed by atoms with van der Waals surface area (Å²) >= 11 is 0. The van der Waals surface area contributed by atoms with Gasteiger partial charge in [0, 0.05) is 40.5 Å². The largest absolute Gasteiger partial charge is 0.357 e. The molecular weight excluding hydrogens is 398 g/mol. The minimum absolute atomic E-state index is 0.108. The molecule has 5 nitrogen and oxygen atoms in total. The molecule has 2 aliphatic rings. The van der Waals surface area contributed by atoms with Gasteiger partial charge >= 0.3 is 0 Å². The number of aromatic nitrogens is 3. The molecule has 2 aromatic heterocycles. The number of rotatable bonds is 2. The predicted molar refractivity (Wildman–Crippen MR) is 112 cm³/mol. The summed E-state index contributed by atoms with van der Waals surface area (Å²) in [5.41, 5.74) is 6.14. The third kappa shape index (κ3) is 2.80. The van der Waals surface area contributed by atoms with E-state index in [9.17, 15) is 13.6 Å². The minimum Gasteiger partial charge on any atom is -0.357 e. The van der Waals surface area contributed by atoms with Gasteiger partial charge in [0.25, 0.3) is 5.91 Å². The zero-order valence-electron chi connectivity index (χ0n) is 16.8. The fraction of sp³-hybridized carbons (Fsp3) is 0.250. The van der Waals surface area contributed by atoms with E-state index in [1.165, 1.54) is 17.0 Å². The van der Waals surface area contributed by atoms with Crippen molar-refractivity contribution >= 4 is 16.8 Å². The van der Waals surface area contributed by atoms with Gasteiger partial charge < -0.3 is 9.88 Å². The first kappa shape index (κ1) is 18.3. The van der Waals surface area contributed by atoms with E-state index in [1.54, 1.807) is 4.68 Å². The minimum atomic E-state index is -0.921. The van der Waals surface area contributed by atoms with Gasteiger partial charge in [0.1, 0.15) is 0 Å². The second kappa shape index (κ2) is 6.77. The highest BCUT2D eigenvalue weighted by Gasteiger charge is 2.32. The van der Waals surface area contributed by atoms with Crippen molar-refractivity contribution in [1.29, 1.82) is 0 Å². The molecule has 0 saturated heterocycles. The van der Waals surface area contributed by atoms with E-state index in [-0.39, 0.29) is 5.91 Å². The van der Waals surface area contributed by atoms with Crippen molar-refractivity contribution in [3.05, 3.63) is 82.3 Å². The summed E-state index contributed by atoms with van der Waals surface area (Å²) in [4.78, 5) is 18.7. The zero-order chi connectivity index (χ0) is 21.1. The lowest BCUT2D eigenvalue weighted by Gasteiger charge is -2.26. The van der Waals surface area contributed by atoms with Crippen LogP contribution in [0.3, 0.4) is 0 Å². The number of carbonyl (C=O) groups is 1. The summed E-state index contributed by atoms with van der Waals surface area (Å²) in [7, 11) is 0. The standard InChI is InChI=1S/C24H20F2N4O/c25-18-9-8-14(12-19(18)26)30-22-7-3-5-17(22)23(28-30)24(31)29-11-10-16-15-4-1-2-6-20(15)27-21(16)13-29/h1-2,4,6,8-9,12,27H,3,5,7,10-11,13H2. The number of aromatic amines is 1. The Kier molecular flexibility index (Phi) is 4.00. The van der Waals surface area contributed by atoms with Crippen molar-refractivity contribution in [3.8, 4) is 5.69 Å². The molecule has 2 aromatic carbocycles. The quantitative estimate of drug-likeness (QED) is 0.527. The number of hydrogen-bond acceptors (Lipinski definition) is 2.